The van der Waals surface area contributed by atoms with E-state index in [4.69, 9.17) is 0 Å². The first-order chi connectivity index (χ1) is 13.2. The van der Waals surface area contributed by atoms with E-state index in [1.165, 1.54) is 22.3 Å². The molecule has 1 atom stereocenters. The van der Waals surface area contributed by atoms with Crippen molar-refractivity contribution in [3.8, 4) is 0 Å². The Morgan fingerprint density at radius 3 is 1.89 bits per heavy atom. The first-order valence-electron chi connectivity index (χ1n) is 10.3. The van der Waals surface area contributed by atoms with Gasteiger partial charge in [0.25, 0.3) is 0 Å². The molecular weight excluding hydrogens is 348 g/mol. The number of aliphatic hydroxyl groups excluding tert-OH is 3. The summed E-state index contributed by atoms with van der Waals surface area (Å²) in [4.78, 5) is 0. The highest BCUT2D eigenvalue weighted by molar-refractivity contribution is 5.33. The minimum Gasteiger partial charge on any atom is -0.393 e. The third kappa shape index (κ3) is 6.44. The smallest absolute Gasteiger partial charge is 0.0685 e. The van der Waals surface area contributed by atoms with Crippen molar-refractivity contribution in [3.05, 3.63) is 69.8 Å². The van der Waals surface area contributed by atoms with Gasteiger partial charge in [-0.2, -0.15) is 0 Å². The van der Waals surface area contributed by atoms with Gasteiger partial charge in [0.1, 0.15) is 0 Å². The van der Waals surface area contributed by atoms with Crippen LogP contribution >= 0.6 is 0 Å². The fraction of sp³-hybridized carbons (Fsp3) is 0.520. The van der Waals surface area contributed by atoms with Crippen molar-refractivity contribution in [3.63, 3.8) is 0 Å². The second kappa shape index (κ2) is 10.2. The lowest BCUT2D eigenvalue weighted by Gasteiger charge is -2.26. The average Bonchev–Trinajstić information content (AvgIpc) is 2.66. The molecule has 0 spiro atoms. The van der Waals surface area contributed by atoms with Crippen LogP contribution in [0.2, 0.25) is 0 Å². The summed E-state index contributed by atoms with van der Waals surface area (Å²) in [6.45, 7) is 8.32. The fourth-order valence-corrected chi connectivity index (χ4v) is 3.55. The van der Waals surface area contributed by atoms with Crippen LogP contribution in [0.5, 0.6) is 0 Å². The Morgan fingerprint density at radius 1 is 0.786 bits per heavy atom. The van der Waals surface area contributed by atoms with Gasteiger partial charge in [-0.25, -0.2) is 0 Å². The van der Waals surface area contributed by atoms with Gasteiger partial charge in [-0.1, -0.05) is 57.2 Å². The number of hydrogen-bond acceptors (Lipinski definition) is 3. The topological polar surface area (TPSA) is 60.7 Å². The summed E-state index contributed by atoms with van der Waals surface area (Å²) in [5.41, 5.74) is 6.70. The zero-order chi connectivity index (χ0) is 20.7. The van der Waals surface area contributed by atoms with E-state index in [-0.39, 0.29) is 24.7 Å². The van der Waals surface area contributed by atoms with Gasteiger partial charge in [0, 0.05) is 0 Å². The Labute approximate surface area is 170 Å². The standard InChI is InChI=1S/C25H36O3/c1-18-14-19(8-10-21(18)12-13-24(28)25(2,3)4)6-5-7-20-9-11-22(16-26)23(15-20)17-27/h8-11,14-15,24,26-28H,5-7,12-13,16-17H2,1-4H3. The van der Waals surface area contributed by atoms with Gasteiger partial charge in [0.15, 0.2) is 0 Å². The molecule has 0 amide bonds. The van der Waals surface area contributed by atoms with Gasteiger partial charge < -0.3 is 15.3 Å². The quantitative estimate of drug-likeness (QED) is 0.597. The summed E-state index contributed by atoms with van der Waals surface area (Å²) in [6.07, 6.45) is 4.43. The fourth-order valence-electron chi connectivity index (χ4n) is 3.55. The third-order valence-corrected chi connectivity index (χ3v) is 5.64. The Morgan fingerprint density at radius 2 is 1.36 bits per heavy atom. The van der Waals surface area contributed by atoms with Gasteiger partial charge >= 0.3 is 0 Å². The molecule has 0 saturated carbocycles. The summed E-state index contributed by atoms with van der Waals surface area (Å²) in [5.74, 6) is 0. The van der Waals surface area contributed by atoms with E-state index < -0.39 is 0 Å². The van der Waals surface area contributed by atoms with Crippen LogP contribution in [0.3, 0.4) is 0 Å². The lowest BCUT2D eigenvalue weighted by Crippen LogP contribution is -2.26. The van der Waals surface area contributed by atoms with Crippen LogP contribution in [-0.2, 0) is 32.5 Å². The summed E-state index contributed by atoms with van der Waals surface area (Å²) < 4.78 is 0. The Kier molecular flexibility index (Phi) is 8.23. The third-order valence-electron chi connectivity index (χ3n) is 5.64. The first-order valence-corrected chi connectivity index (χ1v) is 10.3. The van der Waals surface area contributed by atoms with Crippen LogP contribution in [0, 0.1) is 12.3 Å². The van der Waals surface area contributed by atoms with Gasteiger partial charge in [-0.15, -0.1) is 0 Å². The SMILES string of the molecule is Cc1cc(CCCc2ccc(CO)c(CO)c2)ccc1CCC(O)C(C)(C)C. The summed E-state index contributed by atoms with van der Waals surface area (Å²) in [6, 6.07) is 12.6. The molecule has 0 radical (unpaired) electrons. The molecule has 154 valence electrons. The molecular formula is C25H36O3. The van der Waals surface area contributed by atoms with Crippen molar-refractivity contribution in [2.24, 2.45) is 5.41 Å². The molecule has 3 N–H and O–H groups in total. The van der Waals surface area contributed by atoms with Crippen molar-refractivity contribution < 1.29 is 15.3 Å². The monoisotopic (exact) mass is 384 g/mol. The van der Waals surface area contributed by atoms with Gasteiger partial charge in [0.05, 0.1) is 19.3 Å². The van der Waals surface area contributed by atoms with Crippen LogP contribution < -0.4 is 0 Å². The van der Waals surface area contributed by atoms with E-state index in [0.29, 0.717) is 0 Å². The maximum Gasteiger partial charge on any atom is 0.0685 e. The molecule has 0 bridgehead atoms. The summed E-state index contributed by atoms with van der Waals surface area (Å²) in [7, 11) is 0. The summed E-state index contributed by atoms with van der Waals surface area (Å²) >= 11 is 0. The van der Waals surface area contributed by atoms with Gasteiger partial charge in [0.2, 0.25) is 0 Å². The summed E-state index contributed by atoms with van der Waals surface area (Å²) in [5, 5.41) is 29.0. The number of aliphatic hydroxyl groups is 3. The highest BCUT2D eigenvalue weighted by Gasteiger charge is 2.21. The number of benzene rings is 2. The molecule has 0 saturated heterocycles. The first kappa shape index (κ1) is 22.6. The van der Waals surface area contributed by atoms with Crippen LogP contribution in [0.4, 0.5) is 0 Å². The molecule has 3 nitrogen and oxygen atoms in total. The molecule has 1 unspecified atom stereocenters. The number of hydrogen-bond donors (Lipinski definition) is 3. The van der Waals surface area contributed by atoms with Crippen LogP contribution in [0.25, 0.3) is 0 Å². The van der Waals surface area contributed by atoms with E-state index in [9.17, 15) is 15.3 Å². The minimum atomic E-state index is -0.285. The zero-order valence-electron chi connectivity index (χ0n) is 17.8. The molecule has 0 heterocycles. The lowest BCUT2D eigenvalue weighted by molar-refractivity contribution is 0.0560. The highest BCUT2D eigenvalue weighted by Crippen LogP contribution is 2.24. The zero-order valence-corrected chi connectivity index (χ0v) is 17.8. The minimum absolute atomic E-state index is 0.0332. The predicted molar refractivity (Wildman–Crippen MR) is 115 cm³/mol. The maximum atomic E-state index is 10.3. The highest BCUT2D eigenvalue weighted by atomic mass is 16.3. The number of rotatable bonds is 9. The molecule has 0 aromatic heterocycles. The van der Waals surface area contributed by atoms with Crippen molar-refractivity contribution in [2.45, 2.75) is 79.1 Å². The van der Waals surface area contributed by atoms with E-state index >= 15 is 0 Å². The Bertz CT molecular complexity index is 759. The molecule has 3 heteroatoms. The second-order valence-electron chi connectivity index (χ2n) is 8.95. The van der Waals surface area contributed by atoms with Crippen LogP contribution in [-0.4, -0.2) is 21.4 Å². The number of aryl methyl sites for hydroxylation is 4. The van der Waals surface area contributed by atoms with Crippen molar-refractivity contribution in [1.82, 2.24) is 0 Å². The Balaban J connectivity index is 1.89. The van der Waals surface area contributed by atoms with Gasteiger partial charge in [-0.3, -0.25) is 0 Å². The molecule has 0 aliphatic heterocycles. The maximum absolute atomic E-state index is 10.3. The molecule has 0 aliphatic carbocycles. The van der Waals surface area contributed by atoms with E-state index in [0.717, 1.165) is 43.2 Å². The second-order valence-corrected chi connectivity index (χ2v) is 8.95. The normalized spacial score (nSPS) is 13.0. The lowest BCUT2D eigenvalue weighted by atomic mass is 9.85. The molecule has 0 aliphatic rings. The molecule has 2 aromatic rings. The molecule has 28 heavy (non-hydrogen) atoms. The van der Waals surface area contributed by atoms with Gasteiger partial charge in [-0.05, 0) is 77.8 Å². The average molecular weight is 385 g/mol. The molecule has 0 fully saturated rings. The Hall–Kier alpha value is -1.68. The van der Waals surface area contributed by atoms with E-state index in [1.54, 1.807) is 0 Å². The van der Waals surface area contributed by atoms with Crippen molar-refractivity contribution in [1.29, 1.82) is 0 Å². The predicted octanol–water partition coefficient (Wildman–Crippen LogP) is 4.49. The largest absolute Gasteiger partial charge is 0.393 e. The van der Waals surface area contributed by atoms with Crippen LogP contribution in [0.15, 0.2) is 36.4 Å². The van der Waals surface area contributed by atoms with Crippen molar-refractivity contribution in [2.75, 3.05) is 0 Å². The van der Waals surface area contributed by atoms with E-state index in [2.05, 4.69) is 45.9 Å². The van der Waals surface area contributed by atoms with Crippen LogP contribution in [0.1, 0.15) is 67.0 Å². The van der Waals surface area contributed by atoms with E-state index in [1.807, 2.05) is 18.2 Å². The molecule has 2 aromatic carbocycles. The van der Waals surface area contributed by atoms with Crippen molar-refractivity contribution >= 4 is 0 Å². The molecule has 2 rings (SSSR count).